The van der Waals surface area contributed by atoms with Crippen LogP contribution in [0.1, 0.15) is 77.7 Å². The summed E-state index contributed by atoms with van der Waals surface area (Å²) in [5.41, 5.74) is 0.251. The van der Waals surface area contributed by atoms with Gasteiger partial charge in [0.25, 0.3) is 0 Å². The third-order valence-electron chi connectivity index (χ3n) is 7.49. The van der Waals surface area contributed by atoms with Crippen LogP contribution >= 0.6 is 11.6 Å². The van der Waals surface area contributed by atoms with E-state index in [1.54, 1.807) is 32.9 Å². The average Bonchev–Trinajstić information content (AvgIpc) is 3.43. The zero-order valence-corrected chi connectivity index (χ0v) is 26.2. The molecule has 2 N–H and O–H groups in total. The van der Waals surface area contributed by atoms with Gasteiger partial charge in [0.05, 0.1) is 9.79 Å². The van der Waals surface area contributed by atoms with Gasteiger partial charge < -0.3 is 10.1 Å². The highest BCUT2D eigenvalue weighted by Crippen LogP contribution is 2.31. The lowest BCUT2D eigenvalue weighted by Gasteiger charge is -2.30. The largest absolute Gasteiger partial charge is 0.444 e. The Morgan fingerprint density at radius 1 is 0.854 bits per heavy atom. The van der Waals surface area contributed by atoms with Crippen LogP contribution in [0.4, 0.5) is 4.79 Å². The van der Waals surface area contributed by atoms with Gasteiger partial charge in [0.15, 0.2) is 0 Å². The second-order valence-corrected chi connectivity index (χ2v) is 15.9. The Balaban J connectivity index is 1.40. The van der Waals surface area contributed by atoms with Crippen LogP contribution in [-0.4, -0.2) is 51.0 Å². The Kier molecular flexibility index (Phi) is 10.1. The minimum Gasteiger partial charge on any atom is -0.444 e. The maximum Gasteiger partial charge on any atom is 0.407 e. The van der Waals surface area contributed by atoms with Gasteiger partial charge in [0.2, 0.25) is 20.0 Å². The molecule has 2 aliphatic carbocycles. The quantitative estimate of drug-likeness (QED) is 0.375. The lowest BCUT2D eigenvalue weighted by molar-refractivity contribution is 0.0490. The molecular weight excluding hydrogens is 586 g/mol. The predicted octanol–water partition coefficient (Wildman–Crippen LogP) is 5.59. The Hall–Kier alpha value is -2.18. The van der Waals surface area contributed by atoms with E-state index in [0.29, 0.717) is 30.7 Å². The van der Waals surface area contributed by atoms with E-state index in [1.807, 2.05) is 12.1 Å². The number of halogens is 1. The number of hydrogen-bond donors (Lipinski definition) is 2. The molecule has 4 rings (SSSR count). The number of nitrogens with one attached hydrogen (secondary N) is 2. The van der Waals surface area contributed by atoms with E-state index in [-0.39, 0.29) is 34.5 Å². The van der Waals surface area contributed by atoms with Gasteiger partial charge in [0, 0.05) is 29.7 Å². The second-order valence-electron chi connectivity index (χ2n) is 11.9. The van der Waals surface area contributed by atoms with E-state index in [1.165, 1.54) is 28.6 Å². The maximum absolute atomic E-state index is 13.7. The zero-order chi connectivity index (χ0) is 29.8. The number of benzene rings is 2. The van der Waals surface area contributed by atoms with Gasteiger partial charge >= 0.3 is 6.09 Å². The van der Waals surface area contributed by atoms with Gasteiger partial charge in [-0.3, -0.25) is 0 Å². The average molecular weight is 626 g/mol. The molecule has 9 nitrogen and oxygen atoms in total. The summed E-state index contributed by atoms with van der Waals surface area (Å²) in [6.45, 7) is 5.62. The fraction of sp³-hybridized carbons (Fsp3) is 0.552. The number of sulfonamides is 2. The van der Waals surface area contributed by atoms with Crippen molar-refractivity contribution in [3.8, 4) is 0 Å². The molecule has 2 aromatic carbocycles. The number of nitrogens with zero attached hydrogens (tertiary/aromatic N) is 1. The van der Waals surface area contributed by atoms with Gasteiger partial charge in [0.1, 0.15) is 5.60 Å². The van der Waals surface area contributed by atoms with Crippen molar-refractivity contribution in [2.75, 3.05) is 0 Å². The number of amides is 1. The highest BCUT2D eigenvalue weighted by molar-refractivity contribution is 7.89. The van der Waals surface area contributed by atoms with E-state index < -0.39 is 31.7 Å². The molecule has 2 aliphatic rings. The highest BCUT2D eigenvalue weighted by atomic mass is 35.5. The van der Waals surface area contributed by atoms with Crippen molar-refractivity contribution < 1.29 is 26.4 Å². The van der Waals surface area contributed by atoms with Crippen molar-refractivity contribution in [3.05, 3.63) is 59.1 Å². The van der Waals surface area contributed by atoms with E-state index in [9.17, 15) is 21.6 Å². The number of carbonyl (C=O) groups excluding carboxylic acids is 1. The Labute approximate surface area is 249 Å². The van der Waals surface area contributed by atoms with Crippen LogP contribution in [0.2, 0.25) is 5.02 Å². The van der Waals surface area contributed by atoms with E-state index >= 15 is 0 Å². The molecule has 0 unspecified atom stereocenters. The minimum absolute atomic E-state index is 0.00979. The highest BCUT2D eigenvalue weighted by Gasteiger charge is 2.34. The maximum atomic E-state index is 13.7. The lowest BCUT2D eigenvalue weighted by atomic mass is 9.92. The molecule has 0 radical (unpaired) electrons. The summed E-state index contributed by atoms with van der Waals surface area (Å²) in [7, 11) is -7.73. The second kappa shape index (κ2) is 13.0. The first-order chi connectivity index (χ1) is 19.2. The summed E-state index contributed by atoms with van der Waals surface area (Å²) in [6.07, 6.45) is 5.41. The summed E-state index contributed by atoms with van der Waals surface area (Å²) in [5.74, 6) is 0. The molecule has 41 heavy (non-hydrogen) atoms. The molecule has 0 heterocycles. The predicted molar refractivity (Wildman–Crippen MR) is 159 cm³/mol. The lowest BCUT2D eigenvalue weighted by Crippen LogP contribution is -2.45. The first kappa shape index (κ1) is 31.7. The minimum atomic E-state index is -3.87. The smallest absolute Gasteiger partial charge is 0.407 e. The molecule has 12 heteroatoms. The van der Waals surface area contributed by atoms with Crippen molar-refractivity contribution in [1.29, 1.82) is 0 Å². The van der Waals surface area contributed by atoms with Gasteiger partial charge in [-0.05, 0) is 101 Å². The third-order valence-corrected chi connectivity index (χ3v) is 11.2. The molecule has 0 aromatic heterocycles. The molecule has 0 spiro atoms. The fourth-order valence-corrected chi connectivity index (χ4v) is 8.52. The normalized spacial score (nSPS) is 20.7. The van der Waals surface area contributed by atoms with Crippen LogP contribution in [0.15, 0.2) is 58.3 Å². The molecule has 0 bridgehead atoms. The van der Waals surface area contributed by atoms with Crippen LogP contribution in [-0.2, 0) is 31.3 Å². The molecular formula is C29H40ClN3O6S2. The van der Waals surface area contributed by atoms with Crippen molar-refractivity contribution in [2.24, 2.45) is 0 Å². The molecule has 0 atom stereocenters. The van der Waals surface area contributed by atoms with Crippen molar-refractivity contribution >= 4 is 37.7 Å². The molecule has 226 valence electrons. The molecule has 0 aliphatic heterocycles. The summed E-state index contributed by atoms with van der Waals surface area (Å²) in [4.78, 5) is 12.1. The van der Waals surface area contributed by atoms with Crippen molar-refractivity contribution in [1.82, 2.24) is 14.3 Å². The van der Waals surface area contributed by atoms with Crippen LogP contribution in [0, 0.1) is 0 Å². The SMILES string of the molecule is CC(C)(C)OC(=O)N[C@H]1CC[C@H](NS(=O)(=O)c2ccc(S(=O)(=O)N(Cc3ccc(Cl)cc3)C3CCCC3)cc2)CC1. The molecule has 0 saturated heterocycles. The third kappa shape index (κ3) is 8.67. The van der Waals surface area contributed by atoms with Gasteiger partial charge in [-0.15, -0.1) is 0 Å². The zero-order valence-electron chi connectivity index (χ0n) is 23.8. The van der Waals surface area contributed by atoms with Crippen LogP contribution in [0.5, 0.6) is 0 Å². The van der Waals surface area contributed by atoms with Crippen LogP contribution in [0.3, 0.4) is 0 Å². The van der Waals surface area contributed by atoms with Crippen molar-refractivity contribution in [2.45, 2.75) is 112 Å². The Bertz CT molecular complexity index is 1390. The Morgan fingerprint density at radius 3 is 1.95 bits per heavy atom. The number of alkyl carbamates (subject to hydrolysis) is 1. The van der Waals surface area contributed by atoms with Gasteiger partial charge in [-0.25, -0.2) is 26.4 Å². The summed E-state index contributed by atoms with van der Waals surface area (Å²) >= 11 is 6.01. The van der Waals surface area contributed by atoms with E-state index in [2.05, 4.69) is 10.0 Å². The molecule has 2 fully saturated rings. The number of ether oxygens (including phenoxy) is 1. The van der Waals surface area contributed by atoms with Gasteiger partial charge in [-0.1, -0.05) is 36.6 Å². The molecule has 2 aromatic rings. The number of carbonyl (C=O) groups is 1. The summed E-state index contributed by atoms with van der Waals surface area (Å²) < 4.78 is 63.3. The first-order valence-electron chi connectivity index (χ1n) is 14.1. The van der Waals surface area contributed by atoms with Gasteiger partial charge in [-0.2, -0.15) is 4.31 Å². The Morgan fingerprint density at radius 2 is 1.39 bits per heavy atom. The number of rotatable bonds is 9. The fourth-order valence-electron chi connectivity index (χ4n) is 5.42. The standard InChI is InChI=1S/C29H40ClN3O6S2/c1-29(2,3)39-28(34)31-23-12-14-24(15-13-23)32-40(35,36)26-16-18-27(19-17-26)41(37,38)33(25-6-4-5-7-25)20-21-8-10-22(30)11-9-21/h8-11,16-19,23-25,32H,4-7,12-15,20H2,1-3H3,(H,31,34)/t23-,24-. The summed E-state index contributed by atoms with van der Waals surface area (Å²) in [6, 6.07) is 12.1. The van der Waals surface area contributed by atoms with Crippen LogP contribution in [0.25, 0.3) is 0 Å². The molecule has 2 saturated carbocycles. The van der Waals surface area contributed by atoms with E-state index in [0.717, 1.165) is 31.2 Å². The van der Waals surface area contributed by atoms with Crippen LogP contribution < -0.4 is 10.0 Å². The van der Waals surface area contributed by atoms with E-state index in [4.69, 9.17) is 16.3 Å². The summed E-state index contributed by atoms with van der Waals surface area (Å²) in [5, 5.41) is 3.44. The van der Waals surface area contributed by atoms with Crippen molar-refractivity contribution in [3.63, 3.8) is 0 Å². The first-order valence-corrected chi connectivity index (χ1v) is 17.4. The molecule has 1 amide bonds. The topological polar surface area (TPSA) is 122 Å². The monoisotopic (exact) mass is 625 g/mol. The number of hydrogen-bond acceptors (Lipinski definition) is 6.